The first-order chi connectivity index (χ1) is 15.6. The third kappa shape index (κ3) is 5.83. The molecule has 3 rings (SSSR count). The van der Waals surface area contributed by atoms with E-state index in [1.807, 2.05) is 0 Å². The lowest BCUT2D eigenvalue weighted by Gasteiger charge is -2.12. The SMILES string of the molecule is CNC(=O)c1cc(S(=O)(=O)Nc2ccc(S(=O)(=O)Nc3ccc(Br)cc3)cc2)ccc1OC. The zero-order valence-corrected chi connectivity index (χ0v) is 20.7. The van der Waals surface area contributed by atoms with Crippen LogP contribution in [0.5, 0.6) is 5.75 Å². The van der Waals surface area contributed by atoms with Crippen molar-refractivity contribution in [3.63, 3.8) is 0 Å². The van der Waals surface area contributed by atoms with Gasteiger partial charge in [0, 0.05) is 22.9 Å². The van der Waals surface area contributed by atoms with E-state index < -0.39 is 26.0 Å². The summed E-state index contributed by atoms with van der Waals surface area (Å²) in [7, 11) is -5.13. The molecule has 9 nitrogen and oxygen atoms in total. The molecular weight excluding hydrogens is 534 g/mol. The largest absolute Gasteiger partial charge is 0.496 e. The quantitative estimate of drug-likeness (QED) is 0.391. The number of ether oxygens (including phenoxy) is 1. The number of carbonyl (C=O) groups is 1. The zero-order chi connectivity index (χ0) is 24.2. The van der Waals surface area contributed by atoms with E-state index in [1.165, 1.54) is 56.6 Å². The minimum Gasteiger partial charge on any atom is -0.496 e. The number of carbonyl (C=O) groups excluding carboxylic acids is 1. The molecule has 0 saturated heterocycles. The Bertz CT molecular complexity index is 1370. The highest BCUT2D eigenvalue weighted by Crippen LogP contribution is 2.25. The van der Waals surface area contributed by atoms with Crippen molar-refractivity contribution in [2.24, 2.45) is 0 Å². The summed E-state index contributed by atoms with van der Waals surface area (Å²) >= 11 is 3.28. The van der Waals surface area contributed by atoms with Crippen LogP contribution in [0.3, 0.4) is 0 Å². The summed E-state index contributed by atoms with van der Waals surface area (Å²) in [6, 6.07) is 15.7. The van der Waals surface area contributed by atoms with Gasteiger partial charge in [0.2, 0.25) is 0 Å². The van der Waals surface area contributed by atoms with Crippen LogP contribution in [0, 0.1) is 0 Å². The monoisotopic (exact) mass is 553 g/mol. The molecule has 0 aliphatic rings. The predicted octanol–water partition coefficient (Wildman–Crippen LogP) is 3.42. The molecule has 0 heterocycles. The van der Waals surface area contributed by atoms with E-state index in [0.717, 1.165) is 4.47 Å². The van der Waals surface area contributed by atoms with Crippen molar-refractivity contribution >= 4 is 53.3 Å². The van der Waals surface area contributed by atoms with Gasteiger partial charge in [-0.25, -0.2) is 16.8 Å². The first kappa shape index (κ1) is 24.6. The molecular formula is C21H20BrN3O6S2. The van der Waals surface area contributed by atoms with Crippen LogP contribution >= 0.6 is 15.9 Å². The van der Waals surface area contributed by atoms with Gasteiger partial charge in [-0.3, -0.25) is 14.2 Å². The Hall–Kier alpha value is -3.09. The number of hydrogen-bond donors (Lipinski definition) is 3. The molecule has 174 valence electrons. The fourth-order valence-corrected chi connectivity index (χ4v) is 5.22. The maximum atomic E-state index is 12.8. The molecule has 0 bridgehead atoms. The summed E-state index contributed by atoms with van der Waals surface area (Å²) in [6.07, 6.45) is 0. The highest BCUT2D eigenvalue weighted by atomic mass is 79.9. The Morgan fingerprint density at radius 3 is 1.79 bits per heavy atom. The molecule has 0 saturated carbocycles. The molecule has 1 amide bonds. The van der Waals surface area contributed by atoms with E-state index in [9.17, 15) is 21.6 Å². The van der Waals surface area contributed by atoms with Gasteiger partial charge in [-0.2, -0.15) is 0 Å². The Balaban J connectivity index is 1.81. The maximum absolute atomic E-state index is 12.8. The number of nitrogens with one attached hydrogen (secondary N) is 3. The lowest BCUT2D eigenvalue weighted by atomic mass is 10.2. The Morgan fingerprint density at radius 1 is 0.788 bits per heavy atom. The second-order valence-electron chi connectivity index (χ2n) is 6.68. The van der Waals surface area contributed by atoms with E-state index in [0.29, 0.717) is 5.69 Å². The molecule has 0 unspecified atom stereocenters. The average Bonchev–Trinajstić information content (AvgIpc) is 2.79. The third-order valence-corrected chi connectivity index (χ3v) is 7.77. The van der Waals surface area contributed by atoms with Crippen LogP contribution in [0.1, 0.15) is 10.4 Å². The summed E-state index contributed by atoms with van der Waals surface area (Å²) in [5, 5.41) is 2.43. The highest BCUT2D eigenvalue weighted by molar-refractivity contribution is 9.10. The summed E-state index contributed by atoms with van der Waals surface area (Å²) in [6.45, 7) is 0. The zero-order valence-electron chi connectivity index (χ0n) is 17.5. The van der Waals surface area contributed by atoms with Crippen LogP contribution in [-0.2, 0) is 20.0 Å². The molecule has 0 radical (unpaired) electrons. The van der Waals surface area contributed by atoms with Crippen molar-refractivity contribution in [2.45, 2.75) is 9.79 Å². The van der Waals surface area contributed by atoms with Crippen molar-refractivity contribution in [1.82, 2.24) is 5.32 Å². The topological polar surface area (TPSA) is 131 Å². The molecule has 3 N–H and O–H groups in total. The normalized spacial score (nSPS) is 11.5. The number of rotatable bonds is 8. The second kappa shape index (κ2) is 9.81. The van der Waals surface area contributed by atoms with E-state index in [4.69, 9.17) is 4.74 Å². The molecule has 3 aromatic carbocycles. The van der Waals surface area contributed by atoms with Crippen molar-refractivity contribution in [3.05, 3.63) is 76.8 Å². The fourth-order valence-electron chi connectivity index (χ4n) is 2.81. The number of amides is 1. The highest BCUT2D eigenvalue weighted by Gasteiger charge is 2.20. The van der Waals surface area contributed by atoms with Crippen LogP contribution in [0.2, 0.25) is 0 Å². The average molecular weight is 554 g/mol. The maximum Gasteiger partial charge on any atom is 0.261 e. The summed E-state index contributed by atoms with van der Waals surface area (Å²) in [5.41, 5.74) is 0.590. The molecule has 12 heteroatoms. The van der Waals surface area contributed by atoms with Gasteiger partial charge >= 0.3 is 0 Å². The summed E-state index contributed by atoms with van der Waals surface area (Å²) < 4.78 is 61.5. The van der Waals surface area contributed by atoms with Gasteiger partial charge in [-0.1, -0.05) is 15.9 Å². The lowest BCUT2D eigenvalue weighted by Crippen LogP contribution is -2.20. The van der Waals surface area contributed by atoms with Gasteiger partial charge in [0.05, 0.1) is 22.5 Å². The van der Waals surface area contributed by atoms with Gasteiger partial charge in [-0.15, -0.1) is 0 Å². The van der Waals surface area contributed by atoms with Gasteiger partial charge in [0.25, 0.3) is 26.0 Å². The lowest BCUT2D eigenvalue weighted by molar-refractivity contribution is 0.0960. The minimum atomic E-state index is -4.06. The molecule has 0 aliphatic carbocycles. The Kier molecular flexibility index (Phi) is 7.30. The molecule has 3 aromatic rings. The van der Waals surface area contributed by atoms with E-state index >= 15 is 0 Å². The number of benzene rings is 3. The number of methoxy groups -OCH3 is 1. The van der Waals surface area contributed by atoms with Gasteiger partial charge in [0.1, 0.15) is 5.75 Å². The standard InChI is InChI=1S/C21H20BrN3O6S2/c1-23-21(26)19-13-18(11-12-20(19)31-2)33(29,30)25-16-7-9-17(10-8-16)32(27,28)24-15-5-3-14(22)4-6-15/h3-13,24-25H,1-2H3,(H,23,26). The fraction of sp³-hybridized carbons (Fsp3) is 0.0952. The third-order valence-electron chi connectivity index (χ3n) is 4.47. The van der Waals surface area contributed by atoms with E-state index in [1.54, 1.807) is 24.3 Å². The smallest absolute Gasteiger partial charge is 0.261 e. The van der Waals surface area contributed by atoms with Crippen molar-refractivity contribution in [1.29, 1.82) is 0 Å². The molecule has 0 aliphatic heterocycles. The first-order valence-electron chi connectivity index (χ1n) is 9.37. The molecule has 0 fully saturated rings. The van der Waals surface area contributed by atoms with Crippen LogP contribution in [0.4, 0.5) is 11.4 Å². The number of hydrogen-bond acceptors (Lipinski definition) is 6. The second-order valence-corrected chi connectivity index (χ2v) is 11.0. The molecule has 0 spiro atoms. The minimum absolute atomic E-state index is 0.0419. The Morgan fingerprint density at radius 2 is 1.27 bits per heavy atom. The van der Waals surface area contributed by atoms with Crippen LogP contribution in [0.25, 0.3) is 0 Å². The van der Waals surface area contributed by atoms with Crippen LogP contribution < -0.4 is 19.5 Å². The Labute approximate surface area is 200 Å². The van der Waals surface area contributed by atoms with Gasteiger partial charge < -0.3 is 10.1 Å². The predicted molar refractivity (Wildman–Crippen MR) is 129 cm³/mol. The van der Waals surface area contributed by atoms with E-state index in [-0.39, 0.29) is 26.8 Å². The van der Waals surface area contributed by atoms with E-state index in [2.05, 4.69) is 30.7 Å². The van der Waals surface area contributed by atoms with Gasteiger partial charge in [-0.05, 0) is 66.7 Å². The van der Waals surface area contributed by atoms with Crippen LogP contribution in [-0.4, -0.2) is 36.9 Å². The van der Waals surface area contributed by atoms with Crippen molar-refractivity contribution < 1.29 is 26.4 Å². The first-order valence-corrected chi connectivity index (χ1v) is 13.1. The number of halogens is 1. The molecule has 0 aromatic heterocycles. The number of sulfonamides is 2. The van der Waals surface area contributed by atoms with Crippen molar-refractivity contribution in [2.75, 3.05) is 23.6 Å². The number of anilines is 2. The molecule has 0 atom stereocenters. The van der Waals surface area contributed by atoms with Gasteiger partial charge in [0.15, 0.2) is 0 Å². The van der Waals surface area contributed by atoms with Crippen LogP contribution in [0.15, 0.2) is 81.0 Å². The summed E-state index contributed by atoms with van der Waals surface area (Å²) in [4.78, 5) is 11.8. The summed E-state index contributed by atoms with van der Waals surface area (Å²) in [5.74, 6) is -0.280. The van der Waals surface area contributed by atoms with Crippen molar-refractivity contribution in [3.8, 4) is 5.75 Å². The molecule has 33 heavy (non-hydrogen) atoms.